The number of H-pyrrole nitrogens is 1. The van der Waals surface area contributed by atoms with Crippen molar-refractivity contribution in [2.45, 2.75) is 0 Å². The van der Waals surface area contributed by atoms with Crippen LogP contribution >= 0.6 is 0 Å². The highest BCUT2D eigenvalue weighted by Gasteiger charge is 2.22. The molecule has 2 aromatic carbocycles. The predicted octanol–water partition coefficient (Wildman–Crippen LogP) is 3.76. The predicted molar refractivity (Wildman–Crippen MR) is 75.0 cm³/mol. The van der Waals surface area contributed by atoms with Gasteiger partial charge < -0.3 is 9.72 Å². The van der Waals surface area contributed by atoms with Crippen molar-refractivity contribution >= 4 is 16.9 Å². The maximum Gasteiger partial charge on any atom is 0.340 e. The number of benzene rings is 2. The van der Waals surface area contributed by atoms with Crippen LogP contribution in [-0.2, 0) is 4.74 Å². The summed E-state index contributed by atoms with van der Waals surface area (Å²) >= 11 is 0. The Morgan fingerprint density at radius 3 is 2.55 bits per heavy atom. The molecule has 1 aromatic heterocycles. The van der Waals surface area contributed by atoms with Gasteiger partial charge in [-0.05, 0) is 17.7 Å². The zero-order valence-electron chi connectivity index (χ0n) is 10.8. The molecule has 20 heavy (non-hydrogen) atoms. The average Bonchev–Trinajstić information content (AvgIpc) is 2.88. The smallest absolute Gasteiger partial charge is 0.340 e. The molecule has 1 N–H and O–H groups in total. The first kappa shape index (κ1) is 12.4. The Morgan fingerprint density at radius 1 is 1.10 bits per heavy atom. The maximum absolute atomic E-state index is 14.0. The highest BCUT2D eigenvalue weighted by atomic mass is 19.1. The molecule has 0 fully saturated rings. The second-order valence-corrected chi connectivity index (χ2v) is 4.40. The topological polar surface area (TPSA) is 42.1 Å². The number of methoxy groups -OCH3 is 1. The van der Waals surface area contributed by atoms with Crippen LogP contribution in [0.4, 0.5) is 4.39 Å². The van der Waals surface area contributed by atoms with E-state index in [1.165, 1.54) is 13.2 Å². The standard InChI is InChI=1S/C16H12FNO2/c1-20-16(19)14-13-11(17)8-5-9-12(13)18-15(14)10-6-3-2-4-7-10/h2-9,18H,1H3. The van der Waals surface area contributed by atoms with Gasteiger partial charge in [-0.3, -0.25) is 0 Å². The summed E-state index contributed by atoms with van der Waals surface area (Å²) in [6.45, 7) is 0. The van der Waals surface area contributed by atoms with Crippen molar-refractivity contribution in [2.24, 2.45) is 0 Å². The third kappa shape index (κ3) is 1.86. The molecule has 4 heteroatoms. The molecule has 0 amide bonds. The molecule has 0 aliphatic rings. The van der Waals surface area contributed by atoms with Crippen molar-refractivity contribution in [3.63, 3.8) is 0 Å². The molecule has 0 saturated heterocycles. The number of hydrogen-bond donors (Lipinski definition) is 1. The van der Waals surface area contributed by atoms with Gasteiger partial charge in [0.25, 0.3) is 0 Å². The molecule has 1 heterocycles. The summed E-state index contributed by atoms with van der Waals surface area (Å²) < 4.78 is 18.8. The van der Waals surface area contributed by atoms with E-state index in [-0.39, 0.29) is 10.9 Å². The molecule has 0 atom stereocenters. The van der Waals surface area contributed by atoms with Crippen LogP contribution < -0.4 is 0 Å². The zero-order chi connectivity index (χ0) is 14.1. The van der Waals surface area contributed by atoms with Crippen LogP contribution in [0.1, 0.15) is 10.4 Å². The lowest BCUT2D eigenvalue weighted by atomic mass is 10.1. The van der Waals surface area contributed by atoms with Crippen LogP contribution in [0, 0.1) is 5.82 Å². The Labute approximate surface area is 115 Å². The second-order valence-electron chi connectivity index (χ2n) is 4.40. The number of aromatic amines is 1. The highest BCUT2D eigenvalue weighted by Crippen LogP contribution is 2.32. The van der Waals surface area contributed by atoms with E-state index < -0.39 is 11.8 Å². The number of ether oxygens (including phenoxy) is 1. The quantitative estimate of drug-likeness (QED) is 0.720. The molecule has 0 radical (unpaired) electrons. The Balaban J connectivity index is 2.37. The first-order chi connectivity index (χ1) is 9.72. The minimum absolute atomic E-state index is 0.229. The van der Waals surface area contributed by atoms with E-state index in [0.717, 1.165) is 5.56 Å². The fourth-order valence-electron chi connectivity index (χ4n) is 2.33. The number of halogens is 1. The van der Waals surface area contributed by atoms with Gasteiger partial charge in [0.05, 0.1) is 23.8 Å². The Morgan fingerprint density at radius 2 is 1.85 bits per heavy atom. The van der Waals surface area contributed by atoms with Gasteiger partial charge >= 0.3 is 5.97 Å². The van der Waals surface area contributed by atoms with Crippen molar-refractivity contribution < 1.29 is 13.9 Å². The molecular formula is C16H12FNO2. The summed E-state index contributed by atoms with van der Waals surface area (Å²) in [5.41, 5.74) is 2.18. The molecule has 0 aliphatic heterocycles. The number of esters is 1. The fraction of sp³-hybridized carbons (Fsp3) is 0.0625. The normalized spacial score (nSPS) is 10.7. The number of carbonyl (C=O) groups excluding carboxylic acids is 1. The van der Waals surface area contributed by atoms with Gasteiger partial charge in [0.2, 0.25) is 0 Å². The lowest BCUT2D eigenvalue weighted by molar-refractivity contribution is 0.0603. The van der Waals surface area contributed by atoms with Gasteiger partial charge in [-0.2, -0.15) is 0 Å². The maximum atomic E-state index is 14.0. The van der Waals surface area contributed by atoms with Gasteiger partial charge in [0, 0.05) is 5.52 Å². The lowest BCUT2D eigenvalue weighted by Crippen LogP contribution is -2.03. The fourth-order valence-corrected chi connectivity index (χ4v) is 2.33. The third-order valence-electron chi connectivity index (χ3n) is 3.23. The van der Waals surface area contributed by atoms with Crippen LogP contribution in [0.15, 0.2) is 48.5 Å². The summed E-state index contributed by atoms with van der Waals surface area (Å²) in [4.78, 5) is 15.1. The van der Waals surface area contributed by atoms with E-state index >= 15 is 0 Å². The largest absolute Gasteiger partial charge is 0.465 e. The van der Waals surface area contributed by atoms with Crippen molar-refractivity contribution in [2.75, 3.05) is 7.11 Å². The van der Waals surface area contributed by atoms with Gasteiger partial charge in [0.1, 0.15) is 5.82 Å². The van der Waals surface area contributed by atoms with E-state index in [2.05, 4.69) is 4.98 Å². The van der Waals surface area contributed by atoms with Crippen molar-refractivity contribution in [3.8, 4) is 11.3 Å². The first-order valence-electron chi connectivity index (χ1n) is 6.16. The van der Waals surface area contributed by atoms with Gasteiger partial charge in [-0.1, -0.05) is 36.4 Å². The van der Waals surface area contributed by atoms with E-state index in [0.29, 0.717) is 11.2 Å². The molecule has 0 bridgehead atoms. The van der Waals surface area contributed by atoms with Crippen LogP contribution in [-0.4, -0.2) is 18.1 Å². The van der Waals surface area contributed by atoms with Crippen molar-refractivity contribution in [1.29, 1.82) is 0 Å². The number of carbonyl (C=O) groups is 1. The van der Waals surface area contributed by atoms with E-state index in [1.807, 2.05) is 30.3 Å². The minimum atomic E-state index is -0.555. The third-order valence-corrected chi connectivity index (χ3v) is 3.23. The van der Waals surface area contributed by atoms with Gasteiger partial charge in [-0.25, -0.2) is 9.18 Å². The zero-order valence-corrected chi connectivity index (χ0v) is 10.8. The molecular weight excluding hydrogens is 257 g/mol. The lowest BCUT2D eigenvalue weighted by Gasteiger charge is -2.03. The number of hydrogen-bond acceptors (Lipinski definition) is 2. The van der Waals surface area contributed by atoms with Crippen LogP contribution in [0.25, 0.3) is 22.2 Å². The molecule has 100 valence electrons. The number of rotatable bonds is 2. The summed E-state index contributed by atoms with van der Waals surface area (Å²) in [5, 5.41) is 0.262. The molecule has 0 unspecified atom stereocenters. The number of nitrogens with one attached hydrogen (secondary N) is 1. The van der Waals surface area contributed by atoms with E-state index in [1.54, 1.807) is 12.1 Å². The number of fused-ring (bicyclic) bond motifs is 1. The number of aromatic nitrogens is 1. The van der Waals surface area contributed by atoms with E-state index in [9.17, 15) is 9.18 Å². The van der Waals surface area contributed by atoms with Gasteiger partial charge in [-0.15, -0.1) is 0 Å². The van der Waals surface area contributed by atoms with Crippen LogP contribution in [0.3, 0.4) is 0 Å². The Kier molecular flexibility index (Phi) is 2.99. The molecule has 0 aliphatic carbocycles. The SMILES string of the molecule is COC(=O)c1c(-c2ccccc2)[nH]c2cccc(F)c12. The summed E-state index contributed by atoms with van der Waals surface area (Å²) in [6, 6.07) is 14.0. The molecule has 0 saturated carbocycles. The van der Waals surface area contributed by atoms with Crippen LogP contribution in [0.5, 0.6) is 0 Å². The first-order valence-corrected chi connectivity index (χ1v) is 6.16. The van der Waals surface area contributed by atoms with Crippen LogP contribution in [0.2, 0.25) is 0 Å². The summed E-state index contributed by atoms with van der Waals surface area (Å²) in [6.07, 6.45) is 0. The molecule has 3 aromatic rings. The van der Waals surface area contributed by atoms with E-state index in [4.69, 9.17) is 4.74 Å². The molecule has 0 spiro atoms. The monoisotopic (exact) mass is 269 g/mol. The average molecular weight is 269 g/mol. The molecule has 3 nitrogen and oxygen atoms in total. The minimum Gasteiger partial charge on any atom is -0.465 e. The van der Waals surface area contributed by atoms with Gasteiger partial charge in [0.15, 0.2) is 0 Å². The summed E-state index contributed by atoms with van der Waals surface area (Å²) in [7, 11) is 1.29. The Bertz CT molecular complexity index is 778. The molecule has 3 rings (SSSR count). The van der Waals surface area contributed by atoms with Crippen molar-refractivity contribution in [3.05, 3.63) is 59.9 Å². The Hall–Kier alpha value is -2.62. The second kappa shape index (κ2) is 4.81. The summed E-state index contributed by atoms with van der Waals surface area (Å²) in [5.74, 6) is -0.999. The highest BCUT2D eigenvalue weighted by molar-refractivity contribution is 6.10. The van der Waals surface area contributed by atoms with Crippen molar-refractivity contribution in [1.82, 2.24) is 4.98 Å².